The Labute approximate surface area is 228 Å². The molecule has 11 heteroatoms. The monoisotopic (exact) mass is 552 g/mol. The van der Waals surface area contributed by atoms with E-state index < -0.39 is 0 Å². The fourth-order valence-electron chi connectivity index (χ4n) is 4.24. The number of aromatic nitrogens is 3. The van der Waals surface area contributed by atoms with Crippen LogP contribution in [-0.2, 0) is 11.2 Å². The Hall–Kier alpha value is -2.83. The van der Waals surface area contributed by atoms with Crippen molar-refractivity contribution in [2.24, 2.45) is 0 Å². The number of hydrogen-bond acceptors (Lipinski definition) is 8. The molecule has 0 spiro atoms. The summed E-state index contributed by atoms with van der Waals surface area (Å²) in [5, 5.41) is 3.42. The smallest absolute Gasteiger partial charge is 0.278 e. The van der Waals surface area contributed by atoms with Crippen molar-refractivity contribution in [1.29, 1.82) is 0 Å². The van der Waals surface area contributed by atoms with Crippen LogP contribution in [0.5, 0.6) is 0 Å². The molecule has 0 bridgehead atoms. The van der Waals surface area contributed by atoms with Crippen molar-refractivity contribution < 1.29 is 4.79 Å². The van der Waals surface area contributed by atoms with Gasteiger partial charge in [-0.1, -0.05) is 59.9 Å². The molecule has 3 N–H and O–H groups in total. The fourth-order valence-corrected chi connectivity index (χ4v) is 6.36. The van der Waals surface area contributed by atoms with Gasteiger partial charge in [0.25, 0.3) is 5.56 Å². The molecule has 3 heterocycles. The van der Waals surface area contributed by atoms with E-state index in [1.54, 1.807) is 4.57 Å². The first kappa shape index (κ1) is 25.8. The van der Waals surface area contributed by atoms with E-state index in [1.165, 1.54) is 28.7 Å². The Bertz CT molecular complexity index is 1560. The molecule has 4 aromatic rings. The fraction of sp³-hybridized carbons (Fsp3) is 0.308. The van der Waals surface area contributed by atoms with Crippen LogP contribution in [0.3, 0.4) is 0 Å². The van der Waals surface area contributed by atoms with Gasteiger partial charge in [0.15, 0.2) is 14.8 Å². The van der Waals surface area contributed by atoms with Gasteiger partial charge in [-0.3, -0.25) is 24.1 Å². The highest BCUT2D eigenvalue weighted by molar-refractivity contribution is 7.99. The first-order valence-electron chi connectivity index (χ1n) is 12.1. The van der Waals surface area contributed by atoms with E-state index in [2.05, 4.69) is 35.2 Å². The largest absolute Gasteiger partial charge is 0.339 e. The second-order valence-corrected chi connectivity index (χ2v) is 11.7. The SMILES string of the molecule is CCc1ccc(-n2c(=S)sc3c(=O)n(-c4ccc(C)cc4)c(SCC(=O)NC4CC(C)NN4)nc32)cc1. The molecule has 1 amide bonds. The van der Waals surface area contributed by atoms with Gasteiger partial charge in [0.2, 0.25) is 5.91 Å². The summed E-state index contributed by atoms with van der Waals surface area (Å²) in [6.07, 6.45) is 1.59. The predicted octanol–water partition coefficient (Wildman–Crippen LogP) is 4.26. The number of carbonyl (C=O) groups is 1. The Balaban J connectivity index is 1.57. The summed E-state index contributed by atoms with van der Waals surface area (Å²) < 4.78 is 4.45. The Morgan fingerprint density at radius 3 is 2.46 bits per heavy atom. The number of rotatable bonds is 7. The molecule has 0 radical (unpaired) electrons. The minimum absolute atomic E-state index is 0.117. The topological polar surface area (TPSA) is 93.0 Å². The lowest BCUT2D eigenvalue weighted by Gasteiger charge is -2.14. The van der Waals surface area contributed by atoms with Gasteiger partial charge in [-0.05, 0) is 68.7 Å². The average Bonchev–Trinajstić information content (AvgIpc) is 3.45. The zero-order valence-electron chi connectivity index (χ0n) is 20.8. The van der Waals surface area contributed by atoms with Crippen molar-refractivity contribution in [2.45, 2.75) is 51.0 Å². The first-order valence-corrected chi connectivity index (χ1v) is 14.3. The van der Waals surface area contributed by atoms with Crippen LogP contribution in [0.2, 0.25) is 0 Å². The maximum Gasteiger partial charge on any atom is 0.278 e. The summed E-state index contributed by atoms with van der Waals surface area (Å²) in [6.45, 7) is 6.15. The molecule has 2 aromatic heterocycles. The van der Waals surface area contributed by atoms with Crippen LogP contribution in [-0.4, -0.2) is 38.0 Å². The number of nitrogens with one attached hydrogen (secondary N) is 3. The number of nitrogens with zero attached hydrogens (tertiary/aromatic N) is 3. The van der Waals surface area contributed by atoms with E-state index in [1.807, 2.05) is 54.8 Å². The number of aryl methyl sites for hydroxylation is 2. The number of thioether (sulfide) groups is 1. The molecule has 8 nitrogen and oxygen atoms in total. The standard InChI is InChI=1S/C26H28N6O2S3/c1-4-17-7-11-18(12-8-17)31-23-22(37-26(31)35)24(34)32(19-9-5-15(2)6-10-19)25(28-23)36-14-21(33)27-20-13-16(3)29-30-20/h5-12,16,20,29-30H,4,13-14H2,1-3H3,(H,27,33). The van der Waals surface area contributed by atoms with E-state index in [0.29, 0.717) is 25.1 Å². The molecule has 2 aromatic carbocycles. The highest BCUT2D eigenvalue weighted by atomic mass is 32.2. The number of carbonyl (C=O) groups excluding carboxylic acids is 1. The number of thiazole rings is 1. The van der Waals surface area contributed by atoms with E-state index in [-0.39, 0.29) is 29.4 Å². The van der Waals surface area contributed by atoms with Gasteiger partial charge in [-0.25, -0.2) is 10.4 Å². The summed E-state index contributed by atoms with van der Waals surface area (Å²) in [7, 11) is 0. The number of amides is 1. The second-order valence-electron chi connectivity index (χ2n) is 9.08. The molecule has 1 fully saturated rings. The average molecular weight is 553 g/mol. The van der Waals surface area contributed by atoms with Gasteiger partial charge >= 0.3 is 0 Å². The van der Waals surface area contributed by atoms with Crippen molar-refractivity contribution in [3.63, 3.8) is 0 Å². The third-order valence-electron chi connectivity index (χ3n) is 6.23. The van der Waals surface area contributed by atoms with E-state index in [9.17, 15) is 9.59 Å². The molecular formula is C26H28N6O2S3. The number of benzene rings is 2. The lowest BCUT2D eigenvalue weighted by molar-refractivity contribution is -0.119. The minimum Gasteiger partial charge on any atom is -0.339 e. The van der Waals surface area contributed by atoms with Gasteiger partial charge in [0.1, 0.15) is 4.70 Å². The van der Waals surface area contributed by atoms with Crippen molar-refractivity contribution in [3.8, 4) is 11.4 Å². The number of fused-ring (bicyclic) bond motifs is 1. The summed E-state index contributed by atoms with van der Waals surface area (Å²) in [5.74, 6) is -0.0209. The molecule has 2 atom stereocenters. The number of hydrogen-bond donors (Lipinski definition) is 3. The molecule has 0 saturated carbocycles. The van der Waals surface area contributed by atoms with E-state index in [4.69, 9.17) is 17.2 Å². The molecule has 5 rings (SSSR count). The van der Waals surface area contributed by atoms with Crippen molar-refractivity contribution >= 4 is 51.6 Å². The summed E-state index contributed by atoms with van der Waals surface area (Å²) in [5.41, 5.74) is 10.3. The van der Waals surface area contributed by atoms with Crippen LogP contribution < -0.4 is 21.7 Å². The molecule has 2 unspecified atom stereocenters. The van der Waals surface area contributed by atoms with Crippen LogP contribution in [0.1, 0.15) is 31.4 Å². The number of hydrazine groups is 1. The van der Waals surface area contributed by atoms with Crippen molar-refractivity contribution in [3.05, 3.63) is 74.0 Å². The lowest BCUT2D eigenvalue weighted by atomic mass is 10.1. The minimum atomic E-state index is -0.202. The predicted molar refractivity (Wildman–Crippen MR) is 152 cm³/mol. The zero-order chi connectivity index (χ0) is 26.1. The van der Waals surface area contributed by atoms with Crippen molar-refractivity contribution in [1.82, 2.24) is 30.3 Å². The summed E-state index contributed by atoms with van der Waals surface area (Å²) in [4.78, 5) is 31.5. The molecule has 192 valence electrons. The molecule has 37 heavy (non-hydrogen) atoms. The maximum absolute atomic E-state index is 13.8. The Morgan fingerprint density at radius 1 is 1.14 bits per heavy atom. The highest BCUT2D eigenvalue weighted by Gasteiger charge is 2.23. The highest BCUT2D eigenvalue weighted by Crippen LogP contribution is 2.28. The third kappa shape index (κ3) is 5.41. The Morgan fingerprint density at radius 2 is 1.81 bits per heavy atom. The van der Waals surface area contributed by atoms with Crippen LogP contribution in [0.25, 0.3) is 21.7 Å². The van der Waals surface area contributed by atoms with E-state index in [0.717, 1.165) is 24.1 Å². The van der Waals surface area contributed by atoms with Crippen LogP contribution in [0.4, 0.5) is 0 Å². The lowest BCUT2D eigenvalue weighted by Crippen LogP contribution is -2.45. The first-order chi connectivity index (χ1) is 17.8. The molecule has 0 aliphatic carbocycles. The van der Waals surface area contributed by atoms with Crippen LogP contribution in [0, 0.1) is 10.9 Å². The van der Waals surface area contributed by atoms with Crippen molar-refractivity contribution in [2.75, 3.05) is 5.75 Å². The molecule has 1 aliphatic rings. The molecule has 1 saturated heterocycles. The normalized spacial score (nSPS) is 17.4. The summed E-state index contributed by atoms with van der Waals surface area (Å²) in [6, 6.07) is 16.1. The van der Waals surface area contributed by atoms with Crippen LogP contribution in [0.15, 0.2) is 58.5 Å². The second kappa shape index (κ2) is 10.9. The van der Waals surface area contributed by atoms with Crippen LogP contribution >= 0.6 is 35.3 Å². The van der Waals surface area contributed by atoms with Gasteiger partial charge in [-0.15, -0.1) is 0 Å². The molecular weight excluding hydrogens is 525 g/mol. The quantitative estimate of drug-likeness (QED) is 0.179. The Kier molecular flexibility index (Phi) is 7.59. The van der Waals surface area contributed by atoms with Gasteiger partial charge < -0.3 is 5.32 Å². The zero-order valence-corrected chi connectivity index (χ0v) is 23.2. The van der Waals surface area contributed by atoms with Gasteiger partial charge in [-0.2, -0.15) is 0 Å². The maximum atomic E-state index is 13.8. The summed E-state index contributed by atoms with van der Waals surface area (Å²) >= 11 is 8.17. The van der Waals surface area contributed by atoms with Gasteiger partial charge in [0, 0.05) is 11.7 Å². The molecule has 1 aliphatic heterocycles. The third-order valence-corrected chi connectivity index (χ3v) is 8.52. The van der Waals surface area contributed by atoms with Gasteiger partial charge in [0.05, 0.1) is 17.6 Å². The van der Waals surface area contributed by atoms with E-state index >= 15 is 0 Å².